The summed E-state index contributed by atoms with van der Waals surface area (Å²) in [4.78, 5) is 3.60. The van der Waals surface area contributed by atoms with Gasteiger partial charge in [0.2, 0.25) is 10.0 Å². The first-order valence-electron chi connectivity index (χ1n) is 7.50. The number of aryl methyl sites for hydroxylation is 3. The second-order valence-corrected chi connectivity index (χ2v) is 7.70. The molecule has 0 aliphatic heterocycles. The van der Waals surface area contributed by atoms with Gasteiger partial charge in [0.05, 0.1) is 4.90 Å². The first kappa shape index (κ1) is 15.8. The van der Waals surface area contributed by atoms with E-state index in [-0.39, 0.29) is 6.54 Å². The minimum atomic E-state index is -3.52. The molecule has 2 aromatic carbocycles. The van der Waals surface area contributed by atoms with E-state index in [1.54, 1.807) is 6.07 Å². The predicted molar refractivity (Wildman–Crippen MR) is 93.0 cm³/mol. The van der Waals surface area contributed by atoms with Crippen molar-refractivity contribution < 1.29 is 8.42 Å². The summed E-state index contributed by atoms with van der Waals surface area (Å²) in [5.41, 5.74) is 4.77. The molecule has 0 radical (unpaired) electrons. The van der Waals surface area contributed by atoms with Crippen molar-refractivity contribution in [2.24, 2.45) is 0 Å². The largest absolute Gasteiger partial charge is 0.359 e. The summed E-state index contributed by atoms with van der Waals surface area (Å²) >= 11 is 0. The Morgan fingerprint density at radius 3 is 2.57 bits per heavy atom. The lowest BCUT2D eigenvalue weighted by molar-refractivity contribution is 0.580. The van der Waals surface area contributed by atoms with Gasteiger partial charge in [-0.3, -0.25) is 0 Å². The second kappa shape index (κ2) is 5.83. The summed E-state index contributed by atoms with van der Waals surface area (Å²) < 4.78 is 27.8. The molecule has 0 amide bonds. The maximum absolute atomic E-state index is 12.5. The summed E-state index contributed by atoms with van der Waals surface area (Å²) in [6.45, 7) is 5.97. The lowest BCUT2D eigenvalue weighted by Crippen LogP contribution is -2.24. The van der Waals surface area contributed by atoms with Crippen LogP contribution < -0.4 is 4.72 Å². The van der Waals surface area contributed by atoms with Crippen LogP contribution in [0.1, 0.15) is 22.4 Å². The van der Waals surface area contributed by atoms with Crippen LogP contribution in [0.25, 0.3) is 10.9 Å². The quantitative estimate of drug-likeness (QED) is 0.769. The molecule has 0 bridgehead atoms. The first-order valence-corrected chi connectivity index (χ1v) is 8.99. The summed E-state index contributed by atoms with van der Waals surface area (Å²) in [5.74, 6) is 0. The van der Waals surface area contributed by atoms with Crippen molar-refractivity contribution in [3.05, 3.63) is 64.8 Å². The van der Waals surface area contributed by atoms with Crippen molar-refractivity contribution in [3.63, 3.8) is 0 Å². The van der Waals surface area contributed by atoms with Crippen molar-refractivity contribution in [1.29, 1.82) is 0 Å². The highest BCUT2D eigenvalue weighted by Crippen LogP contribution is 2.19. The standard InChI is InChI=1S/C18H20N2O2S/c1-12-4-5-13(2)18(8-12)23(21,22)19-11-15-6-7-17-16(10-15)9-14(3)20-17/h4-10,19-20H,11H2,1-3H3. The van der Waals surface area contributed by atoms with E-state index in [1.807, 2.05) is 51.1 Å². The fraction of sp³-hybridized carbons (Fsp3) is 0.222. The molecule has 0 fully saturated rings. The summed E-state index contributed by atoms with van der Waals surface area (Å²) in [6.07, 6.45) is 0. The van der Waals surface area contributed by atoms with Crippen LogP contribution in [0.4, 0.5) is 0 Å². The van der Waals surface area contributed by atoms with Crippen molar-refractivity contribution in [2.75, 3.05) is 0 Å². The molecule has 1 heterocycles. The number of H-pyrrole nitrogens is 1. The number of aromatic amines is 1. The number of hydrogen-bond donors (Lipinski definition) is 2. The topological polar surface area (TPSA) is 62.0 Å². The fourth-order valence-electron chi connectivity index (χ4n) is 2.69. The molecule has 3 rings (SSSR count). The summed E-state index contributed by atoms with van der Waals surface area (Å²) in [6, 6.07) is 13.4. The minimum absolute atomic E-state index is 0.274. The Kier molecular flexibility index (Phi) is 4.00. The van der Waals surface area contributed by atoms with Gasteiger partial charge >= 0.3 is 0 Å². The fourth-order valence-corrected chi connectivity index (χ4v) is 4.04. The molecule has 1 aromatic heterocycles. The molecule has 0 saturated carbocycles. The first-order chi connectivity index (χ1) is 10.8. The van der Waals surface area contributed by atoms with E-state index in [0.717, 1.165) is 33.3 Å². The normalized spacial score (nSPS) is 12.0. The lowest BCUT2D eigenvalue weighted by Gasteiger charge is -2.10. The van der Waals surface area contributed by atoms with Crippen LogP contribution >= 0.6 is 0 Å². The van der Waals surface area contributed by atoms with Crippen molar-refractivity contribution in [1.82, 2.24) is 9.71 Å². The number of fused-ring (bicyclic) bond motifs is 1. The molecule has 0 saturated heterocycles. The Balaban J connectivity index is 1.84. The van der Waals surface area contributed by atoms with Crippen LogP contribution in [0, 0.1) is 20.8 Å². The van der Waals surface area contributed by atoms with Gasteiger partial charge in [0.1, 0.15) is 0 Å². The highest BCUT2D eigenvalue weighted by atomic mass is 32.2. The molecule has 3 aromatic rings. The maximum atomic E-state index is 12.5. The van der Waals surface area contributed by atoms with Crippen LogP contribution in [0.3, 0.4) is 0 Å². The number of aromatic nitrogens is 1. The maximum Gasteiger partial charge on any atom is 0.241 e. The van der Waals surface area contributed by atoms with Crippen molar-refractivity contribution in [3.8, 4) is 0 Å². The van der Waals surface area contributed by atoms with Crippen LogP contribution in [-0.4, -0.2) is 13.4 Å². The SMILES string of the molecule is Cc1ccc(C)c(S(=O)(=O)NCc2ccc3[nH]c(C)cc3c2)c1. The Hall–Kier alpha value is -2.11. The molecule has 2 N–H and O–H groups in total. The van der Waals surface area contributed by atoms with Crippen molar-refractivity contribution in [2.45, 2.75) is 32.2 Å². The third-order valence-corrected chi connectivity index (χ3v) is 5.46. The minimum Gasteiger partial charge on any atom is -0.359 e. The Morgan fingerprint density at radius 1 is 1.00 bits per heavy atom. The van der Waals surface area contributed by atoms with Gasteiger partial charge in [-0.1, -0.05) is 18.2 Å². The highest BCUT2D eigenvalue weighted by molar-refractivity contribution is 7.89. The third kappa shape index (κ3) is 3.30. The molecule has 0 atom stereocenters. The lowest BCUT2D eigenvalue weighted by atomic mass is 10.1. The molecule has 4 nitrogen and oxygen atoms in total. The zero-order chi connectivity index (χ0) is 16.6. The molecule has 0 aliphatic rings. The van der Waals surface area contributed by atoms with E-state index in [1.165, 1.54) is 0 Å². The summed E-state index contributed by atoms with van der Waals surface area (Å²) in [5, 5.41) is 1.09. The summed E-state index contributed by atoms with van der Waals surface area (Å²) in [7, 11) is -3.52. The van der Waals surface area contributed by atoms with E-state index >= 15 is 0 Å². The van der Waals surface area contributed by atoms with Crippen LogP contribution in [0.2, 0.25) is 0 Å². The van der Waals surface area contributed by atoms with Gasteiger partial charge in [0, 0.05) is 17.8 Å². The van der Waals surface area contributed by atoms with Gasteiger partial charge in [-0.25, -0.2) is 13.1 Å². The molecule has 0 spiro atoms. The predicted octanol–water partition coefficient (Wildman–Crippen LogP) is 3.57. The van der Waals surface area contributed by atoms with E-state index in [2.05, 4.69) is 15.8 Å². The third-order valence-electron chi connectivity index (χ3n) is 3.92. The van der Waals surface area contributed by atoms with Gasteiger partial charge in [-0.05, 0) is 67.1 Å². The molecule has 0 aliphatic carbocycles. The number of rotatable bonds is 4. The molecular formula is C18H20N2O2S. The molecule has 120 valence electrons. The van der Waals surface area contributed by atoms with E-state index < -0.39 is 10.0 Å². The Morgan fingerprint density at radius 2 is 1.78 bits per heavy atom. The van der Waals surface area contributed by atoms with Gasteiger partial charge in [0.25, 0.3) is 0 Å². The number of hydrogen-bond acceptors (Lipinski definition) is 2. The molecule has 0 unspecified atom stereocenters. The van der Waals surface area contributed by atoms with E-state index in [9.17, 15) is 8.42 Å². The Labute approximate surface area is 136 Å². The van der Waals surface area contributed by atoms with Gasteiger partial charge in [-0.2, -0.15) is 0 Å². The van der Waals surface area contributed by atoms with Gasteiger partial charge < -0.3 is 4.98 Å². The Bertz CT molecular complexity index is 972. The number of sulfonamides is 1. The molecular weight excluding hydrogens is 308 g/mol. The van der Waals surface area contributed by atoms with Gasteiger partial charge in [0.15, 0.2) is 0 Å². The molecule has 5 heteroatoms. The zero-order valence-corrected chi connectivity index (χ0v) is 14.3. The zero-order valence-electron chi connectivity index (χ0n) is 13.5. The molecule has 23 heavy (non-hydrogen) atoms. The van der Waals surface area contributed by atoms with Crippen molar-refractivity contribution >= 4 is 20.9 Å². The average molecular weight is 328 g/mol. The number of benzene rings is 2. The number of nitrogens with one attached hydrogen (secondary N) is 2. The second-order valence-electron chi connectivity index (χ2n) is 5.97. The van der Waals surface area contributed by atoms with Crippen LogP contribution in [0.5, 0.6) is 0 Å². The van der Waals surface area contributed by atoms with Crippen LogP contribution in [0.15, 0.2) is 47.4 Å². The highest BCUT2D eigenvalue weighted by Gasteiger charge is 2.16. The van der Waals surface area contributed by atoms with Crippen LogP contribution in [-0.2, 0) is 16.6 Å². The monoisotopic (exact) mass is 328 g/mol. The van der Waals surface area contributed by atoms with E-state index in [0.29, 0.717) is 4.90 Å². The van der Waals surface area contributed by atoms with E-state index in [4.69, 9.17) is 0 Å². The average Bonchev–Trinajstić information content (AvgIpc) is 2.87. The van der Waals surface area contributed by atoms with Gasteiger partial charge in [-0.15, -0.1) is 0 Å². The smallest absolute Gasteiger partial charge is 0.241 e.